The van der Waals surface area contributed by atoms with Gasteiger partial charge in [0.2, 0.25) is 0 Å². The van der Waals surface area contributed by atoms with Crippen molar-refractivity contribution in [3.05, 3.63) is 84.6 Å². The number of halogens is 1. The molecular weight excluding hydrogens is 426 g/mol. The summed E-state index contributed by atoms with van der Waals surface area (Å²) in [5, 5.41) is 4.04. The quantitative estimate of drug-likeness (QED) is 0.524. The number of benzene rings is 1. The Labute approximate surface area is 179 Å². The first-order chi connectivity index (χ1) is 14.3. The first-order valence-corrected chi connectivity index (χ1v) is 10.1. The Bertz CT molecular complexity index is 1390. The van der Waals surface area contributed by atoms with Crippen LogP contribution in [0.25, 0.3) is 11.0 Å². The van der Waals surface area contributed by atoms with Gasteiger partial charge in [0.05, 0.1) is 10.9 Å². The number of nitrogens with one attached hydrogen (secondary N) is 1. The maximum atomic E-state index is 12.6. The number of hydrogen-bond donors (Lipinski definition) is 1. The van der Waals surface area contributed by atoms with E-state index in [0.717, 1.165) is 15.0 Å². The number of thiazole rings is 1. The fourth-order valence-electron chi connectivity index (χ4n) is 3.01. The Morgan fingerprint density at radius 2 is 1.83 bits per heavy atom. The second kappa shape index (κ2) is 7.85. The van der Waals surface area contributed by atoms with Crippen LogP contribution in [-0.4, -0.2) is 25.0 Å². The maximum Gasteiger partial charge on any atom is 0.332 e. The van der Waals surface area contributed by atoms with Gasteiger partial charge in [0, 0.05) is 42.8 Å². The van der Waals surface area contributed by atoms with Crippen molar-refractivity contribution in [1.82, 2.24) is 19.1 Å². The van der Waals surface area contributed by atoms with Gasteiger partial charge in [-0.05, 0) is 23.8 Å². The van der Waals surface area contributed by atoms with Crippen molar-refractivity contribution in [3.63, 3.8) is 0 Å². The molecule has 0 aliphatic heterocycles. The molecule has 0 saturated carbocycles. The molecular formula is C20H16ClN5O3S. The van der Waals surface area contributed by atoms with Crippen molar-refractivity contribution >= 4 is 45.0 Å². The molecule has 3 aromatic heterocycles. The highest BCUT2D eigenvalue weighted by atomic mass is 35.5. The van der Waals surface area contributed by atoms with E-state index in [1.807, 2.05) is 24.3 Å². The normalized spacial score (nSPS) is 11.0. The van der Waals surface area contributed by atoms with Gasteiger partial charge in [0.1, 0.15) is 5.65 Å². The Morgan fingerprint density at radius 1 is 1.10 bits per heavy atom. The Kier molecular flexibility index (Phi) is 5.23. The van der Waals surface area contributed by atoms with Crippen LogP contribution in [0.5, 0.6) is 0 Å². The molecule has 30 heavy (non-hydrogen) atoms. The fourth-order valence-corrected chi connectivity index (χ4v) is 3.98. The molecule has 0 unspecified atom stereocenters. The molecule has 0 bridgehead atoms. The second-order valence-electron chi connectivity index (χ2n) is 6.69. The zero-order chi connectivity index (χ0) is 21.4. The van der Waals surface area contributed by atoms with E-state index in [9.17, 15) is 14.4 Å². The van der Waals surface area contributed by atoms with Crippen LogP contribution in [0.1, 0.15) is 20.8 Å². The van der Waals surface area contributed by atoms with Crippen molar-refractivity contribution in [2.75, 3.05) is 5.32 Å². The fraction of sp³-hybridized carbons (Fsp3) is 0.150. The summed E-state index contributed by atoms with van der Waals surface area (Å²) in [6, 6.07) is 8.96. The lowest BCUT2D eigenvalue weighted by atomic mass is 10.1. The third kappa shape index (κ3) is 3.77. The number of carbonyl (C=O) groups is 1. The number of nitrogens with zero attached hydrogens (tertiary/aromatic N) is 4. The third-order valence-corrected chi connectivity index (χ3v) is 5.79. The lowest BCUT2D eigenvalue weighted by molar-refractivity contribution is 0.102. The van der Waals surface area contributed by atoms with Crippen molar-refractivity contribution < 1.29 is 4.79 Å². The van der Waals surface area contributed by atoms with E-state index in [1.54, 1.807) is 6.20 Å². The van der Waals surface area contributed by atoms with Gasteiger partial charge in [0.25, 0.3) is 11.5 Å². The van der Waals surface area contributed by atoms with Crippen LogP contribution in [-0.2, 0) is 20.5 Å². The number of anilines is 1. The van der Waals surface area contributed by atoms with Crippen LogP contribution >= 0.6 is 22.9 Å². The molecule has 0 saturated heterocycles. The number of aromatic nitrogens is 4. The van der Waals surface area contributed by atoms with Crippen LogP contribution in [0.3, 0.4) is 0 Å². The highest BCUT2D eigenvalue weighted by Gasteiger charge is 2.15. The molecule has 0 aliphatic rings. The zero-order valence-corrected chi connectivity index (χ0v) is 17.6. The number of amides is 1. The highest BCUT2D eigenvalue weighted by molar-refractivity contribution is 7.15. The molecule has 152 valence electrons. The number of carbonyl (C=O) groups excluding carboxylic acids is 1. The minimum Gasteiger partial charge on any atom is -0.298 e. The molecule has 1 aromatic carbocycles. The smallest absolute Gasteiger partial charge is 0.298 e. The maximum absolute atomic E-state index is 12.6. The van der Waals surface area contributed by atoms with E-state index < -0.39 is 17.2 Å². The molecule has 1 N–H and O–H groups in total. The van der Waals surface area contributed by atoms with Crippen molar-refractivity contribution in [2.24, 2.45) is 14.1 Å². The molecule has 0 radical (unpaired) electrons. The van der Waals surface area contributed by atoms with Crippen LogP contribution < -0.4 is 16.6 Å². The van der Waals surface area contributed by atoms with Gasteiger partial charge in [-0.3, -0.25) is 24.0 Å². The van der Waals surface area contributed by atoms with E-state index in [4.69, 9.17) is 11.6 Å². The van der Waals surface area contributed by atoms with Crippen LogP contribution in [0, 0.1) is 0 Å². The summed E-state index contributed by atoms with van der Waals surface area (Å²) in [4.78, 5) is 46.4. The van der Waals surface area contributed by atoms with E-state index in [0.29, 0.717) is 16.6 Å². The number of rotatable bonds is 4. The summed E-state index contributed by atoms with van der Waals surface area (Å²) >= 11 is 7.27. The zero-order valence-electron chi connectivity index (χ0n) is 16.0. The summed E-state index contributed by atoms with van der Waals surface area (Å²) in [7, 11) is 2.91. The molecule has 4 rings (SSSR count). The van der Waals surface area contributed by atoms with E-state index in [1.165, 1.54) is 42.3 Å². The van der Waals surface area contributed by atoms with E-state index in [2.05, 4.69) is 15.3 Å². The Balaban J connectivity index is 1.56. The minimum absolute atomic E-state index is 0.190. The SMILES string of the molecule is Cn1c(=O)c2cc(C(=O)Nc3ncc(Cc4ccc(Cl)cc4)s3)cnc2n(C)c1=O. The minimum atomic E-state index is -0.505. The first kappa shape index (κ1) is 20.0. The van der Waals surface area contributed by atoms with Crippen molar-refractivity contribution in [1.29, 1.82) is 0 Å². The van der Waals surface area contributed by atoms with Gasteiger partial charge in [0.15, 0.2) is 5.13 Å². The number of aryl methyl sites for hydroxylation is 1. The summed E-state index contributed by atoms with van der Waals surface area (Å²) in [6.07, 6.45) is 3.71. The average Bonchev–Trinajstić information content (AvgIpc) is 3.18. The molecule has 0 atom stereocenters. The number of pyridine rings is 1. The van der Waals surface area contributed by atoms with E-state index in [-0.39, 0.29) is 16.6 Å². The summed E-state index contributed by atoms with van der Waals surface area (Å²) < 4.78 is 2.25. The Morgan fingerprint density at radius 3 is 2.57 bits per heavy atom. The lowest BCUT2D eigenvalue weighted by Crippen LogP contribution is -2.37. The van der Waals surface area contributed by atoms with Gasteiger partial charge < -0.3 is 0 Å². The standard InChI is InChI=1S/C20H16ClN5O3S/c1-25-16-15(18(28)26(2)20(25)29)8-12(9-22-16)17(27)24-19-23-10-14(30-19)7-11-3-5-13(21)6-4-11/h3-6,8-10H,7H2,1-2H3,(H,23,24,27). The molecule has 4 aromatic rings. The Hall–Kier alpha value is -3.30. The predicted octanol–water partition coefficient (Wildman–Crippen LogP) is 2.59. The predicted molar refractivity (Wildman–Crippen MR) is 117 cm³/mol. The molecule has 0 fully saturated rings. The molecule has 3 heterocycles. The van der Waals surface area contributed by atoms with Gasteiger partial charge in [-0.25, -0.2) is 14.8 Å². The van der Waals surface area contributed by atoms with Crippen LogP contribution in [0.4, 0.5) is 5.13 Å². The van der Waals surface area contributed by atoms with Crippen molar-refractivity contribution in [3.8, 4) is 0 Å². The van der Waals surface area contributed by atoms with Gasteiger partial charge in [-0.1, -0.05) is 23.7 Å². The monoisotopic (exact) mass is 441 g/mol. The number of fused-ring (bicyclic) bond motifs is 1. The van der Waals surface area contributed by atoms with Gasteiger partial charge in [-0.2, -0.15) is 0 Å². The van der Waals surface area contributed by atoms with E-state index >= 15 is 0 Å². The topological polar surface area (TPSA) is 98.9 Å². The number of hydrogen-bond acceptors (Lipinski definition) is 6. The second-order valence-corrected chi connectivity index (χ2v) is 8.24. The summed E-state index contributed by atoms with van der Waals surface area (Å²) in [6.45, 7) is 0. The summed E-state index contributed by atoms with van der Waals surface area (Å²) in [5.74, 6) is -0.437. The van der Waals surface area contributed by atoms with Gasteiger partial charge in [-0.15, -0.1) is 11.3 Å². The molecule has 0 aliphatic carbocycles. The third-order valence-electron chi connectivity index (χ3n) is 4.62. The summed E-state index contributed by atoms with van der Waals surface area (Å²) in [5.41, 5.74) is 0.524. The largest absolute Gasteiger partial charge is 0.332 e. The molecule has 8 nitrogen and oxygen atoms in total. The highest BCUT2D eigenvalue weighted by Crippen LogP contribution is 2.22. The molecule has 1 amide bonds. The van der Waals surface area contributed by atoms with Crippen LogP contribution in [0.15, 0.2) is 52.3 Å². The average molecular weight is 442 g/mol. The van der Waals surface area contributed by atoms with Crippen molar-refractivity contribution in [2.45, 2.75) is 6.42 Å². The first-order valence-electron chi connectivity index (χ1n) is 8.90. The molecule has 10 heteroatoms. The van der Waals surface area contributed by atoms with Gasteiger partial charge >= 0.3 is 5.69 Å². The molecule has 0 spiro atoms. The lowest BCUT2D eigenvalue weighted by Gasteiger charge is -2.07. The van der Waals surface area contributed by atoms with Crippen LogP contribution in [0.2, 0.25) is 5.02 Å².